The van der Waals surface area contributed by atoms with E-state index >= 15 is 0 Å². The molecule has 1 fully saturated rings. The van der Waals surface area contributed by atoms with Crippen LogP contribution < -0.4 is 4.90 Å². The summed E-state index contributed by atoms with van der Waals surface area (Å²) in [5.74, 6) is -0.584. The Morgan fingerprint density at radius 3 is 3.09 bits per heavy atom. The lowest BCUT2D eigenvalue weighted by Crippen LogP contribution is -2.35. The van der Waals surface area contributed by atoms with Gasteiger partial charge >= 0.3 is 5.97 Å². The number of aromatic nitrogens is 4. The average molecular weight is 321 g/mol. The van der Waals surface area contributed by atoms with E-state index in [9.17, 15) is 4.79 Å². The Labute approximate surface area is 132 Å². The number of anilines is 1. The molecule has 1 atom stereocenters. The van der Waals surface area contributed by atoms with Crippen LogP contribution in [-0.2, 0) is 17.8 Å². The summed E-state index contributed by atoms with van der Waals surface area (Å²) >= 11 is 1.64. The molecule has 0 aromatic carbocycles. The Kier molecular flexibility index (Phi) is 4.37. The lowest BCUT2D eigenvalue weighted by atomic mass is 9.95. The van der Waals surface area contributed by atoms with Crippen molar-refractivity contribution in [3.05, 3.63) is 23.0 Å². The zero-order chi connectivity index (χ0) is 15.5. The largest absolute Gasteiger partial charge is 0.480 e. The molecule has 0 saturated carbocycles. The van der Waals surface area contributed by atoms with Crippen LogP contribution in [0.2, 0.25) is 0 Å². The minimum absolute atomic E-state index is 0.0857. The molecular weight excluding hydrogens is 302 g/mol. The maximum atomic E-state index is 10.9. The number of nitrogens with zero attached hydrogens (tertiary/aromatic N) is 5. The van der Waals surface area contributed by atoms with E-state index in [4.69, 9.17) is 5.11 Å². The second-order valence-electron chi connectivity index (χ2n) is 5.42. The highest BCUT2D eigenvalue weighted by atomic mass is 32.1. The average Bonchev–Trinajstić information content (AvgIpc) is 3.15. The first kappa shape index (κ1) is 15.0. The Hall–Kier alpha value is -1.96. The van der Waals surface area contributed by atoms with Gasteiger partial charge in [-0.3, -0.25) is 9.48 Å². The van der Waals surface area contributed by atoms with Crippen molar-refractivity contribution in [1.29, 1.82) is 0 Å². The predicted molar refractivity (Wildman–Crippen MR) is 83.3 cm³/mol. The Bertz CT molecular complexity index is 653. The van der Waals surface area contributed by atoms with Crippen LogP contribution in [0.5, 0.6) is 0 Å². The summed E-state index contributed by atoms with van der Waals surface area (Å²) in [5, 5.41) is 23.6. The summed E-state index contributed by atoms with van der Waals surface area (Å²) in [7, 11) is 0. The van der Waals surface area contributed by atoms with Gasteiger partial charge in [-0.05, 0) is 25.3 Å². The first-order valence-corrected chi connectivity index (χ1v) is 8.30. The first-order valence-electron chi connectivity index (χ1n) is 7.48. The second-order valence-corrected chi connectivity index (χ2v) is 6.47. The van der Waals surface area contributed by atoms with Gasteiger partial charge in [0.2, 0.25) is 5.13 Å². The smallest absolute Gasteiger partial charge is 0.325 e. The number of aliphatic carboxylic acids is 1. The van der Waals surface area contributed by atoms with E-state index in [0.717, 1.165) is 48.2 Å². The summed E-state index contributed by atoms with van der Waals surface area (Å²) < 4.78 is 1.59. The third-order valence-corrected chi connectivity index (χ3v) is 5.03. The van der Waals surface area contributed by atoms with Crippen LogP contribution in [0.4, 0.5) is 5.13 Å². The van der Waals surface area contributed by atoms with Crippen molar-refractivity contribution in [3.63, 3.8) is 0 Å². The van der Waals surface area contributed by atoms with Gasteiger partial charge in [-0.25, -0.2) is 0 Å². The highest BCUT2D eigenvalue weighted by molar-refractivity contribution is 7.15. The predicted octanol–water partition coefficient (Wildman–Crippen LogP) is 1.77. The van der Waals surface area contributed by atoms with Gasteiger partial charge in [0.1, 0.15) is 11.6 Å². The topological polar surface area (TPSA) is 84.1 Å². The number of carbonyl (C=O) groups is 1. The van der Waals surface area contributed by atoms with Gasteiger partial charge in [0, 0.05) is 30.9 Å². The van der Waals surface area contributed by atoms with Gasteiger partial charge in [-0.1, -0.05) is 18.3 Å². The van der Waals surface area contributed by atoms with Crippen LogP contribution in [0, 0.1) is 0 Å². The molecule has 7 nitrogen and oxygen atoms in total. The molecule has 22 heavy (non-hydrogen) atoms. The zero-order valence-corrected chi connectivity index (χ0v) is 13.3. The first-order chi connectivity index (χ1) is 10.7. The number of aryl methyl sites for hydroxylation is 1. The number of carboxylic acid groups (broad SMARTS) is 1. The van der Waals surface area contributed by atoms with Gasteiger partial charge in [0.25, 0.3) is 0 Å². The van der Waals surface area contributed by atoms with Gasteiger partial charge in [-0.2, -0.15) is 5.10 Å². The third-order valence-electron chi connectivity index (χ3n) is 3.90. The molecule has 0 radical (unpaired) electrons. The van der Waals surface area contributed by atoms with Crippen molar-refractivity contribution >= 4 is 22.4 Å². The van der Waals surface area contributed by atoms with E-state index in [0.29, 0.717) is 0 Å². The molecule has 1 aliphatic rings. The molecule has 1 N–H and O–H groups in total. The van der Waals surface area contributed by atoms with Gasteiger partial charge in [-0.15, -0.1) is 10.2 Å². The van der Waals surface area contributed by atoms with Crippen LogP contribution in [-0.4, -0.2) is 44.1 Å². The summed E-state index contributed by atoms with van der Waals surface area (Å²) in [6.07, 6.45) is 4.68. The monoisotopic (exact) mass is 321 g/mol. The van der Waals surface area contributed by atoms with E-state index in [2.05, 4.69) is 27.1 Å². The summed E-state index contributed by atoms with van der Waals surface area (Å²) in [6, 6.07) is 1.93. The number of carboxylic acids is 1. The van der Waals surface area contributed by atoms with Gasteiger partial charge < -0.3 is 10.0 Å². The Morgan fingerprint density at radius 2 is 2.36 bits per heavy atom. The number of rotatable bonds is 5. The third kappa shape index (κ3) is 3.11. The van der Waals surface area contributed by atoms with Gasteiger partial charge in [0.15, 0.2) is 0 Å². The van der Waals surface area contributed by atoms with E-state index in [-0.39, 0.29) is 12.5 Å². The molecule has 0 spiro atoms. The fourth-order valence-electron chi connectivity index (χ4n) is 2.86. The van der Waals surface area contributed by atoms with Crippen LogP contribution >= 0.6 is 11.3 Å². The summed E-state index contributed by atoms with van der Waals surface area (Å²) in [6.45, 7) is 3.80. The highest BCUT2D eigenvalue weighted by Gasteiger charge is 2.26. The maximum Gasteiger partial charge on any atom is 0.325 e. The lowest BCUT2D eigenvalue weighted by Gasteiger charge is -2.32. The van der Waals surface area contributed by atoms with Gasteiger partial charge in [0.05, 0.1) is 0 Å². The van der Waals surface area contributed by atoms with Crippen molar-refractivity contribution in [3.8, 4) is 0 Å². The lowest BCUT2D eigenvalue weighted by molar-refractivity contribution is -0.137. The minimum Gasteiger partial charge on any atom is -0.480 e. The SMILES string of the molecule is CCc1nnc(N2CCC[C@H](c3ccnn3CC(=O)O)C2)s1. The fourth-order valence-corrected chi connectivity index (χ4v) is 3.67. The molecule has 3 rings (SSSR count). The van der Waals surface area contributed by atoms with Crippen molar-refractivity contribution in [1.82, 2.24) is 20.0 Å². The molecule has 8 heteroatoms. The molecular formula is C14H19N5O2S. The molecule has 1 aliphatic heterocycles. The van der Waals surface area contributed by atoms with E-state index < -0.39 is 5.97 Å². The Balaban J connectivity index is 1.75. The van der Waals surface area contributed by atoms with Crippen molar-refractivity contribution < 1.29 is 9.90 Å². The number of piperidine rings is 1. The quantitative estimate of drug-likeness (QED) is 0.903. The molecule has 2 aromatic rings. The molecule has 3 heterocycles. The molecule has 0 amide bonds. The van der Waals surface area contributed by atoms with E-state index in [1.54, 1.807) is 22.2 Å². The fraction of sp³-hybridized carbons (Fsp3) is 0.571. The summed E-state index contributed by atoms with van der Waals surface area (Å²) in [5.41, 5.74) is 0.993. The van der Waals surface area contributed by atoms with Crippen molar-refractivity contribution in [2.75, 3.05) is 18.0 Å². The molecule has 0 unspecified atom stereocenters. The van der Waals surface area contributed by atoms with Crippen LogP contribution in [0.15, 0.2) is 12.3 Å². The van der Waals surface area contributed by atoms with E-state index in [1.807, 2.05) is 6.07 Å². The zero-order valence-electron chi connectivity index (χ0n) is 12.5. The van der Waals surface area contributed by atoms with E-state index in [1.165, 1.54) is 0 Å². The number of hydrogen-bond donors (Lipinski definition) is 1. The second kappa shape index (κ2) is 6.43. The van der Waals surface area contributed by atoms with Crippen LogP contribution in [0.1, 0.15) is 36.4 Å². The maximum absolute atomic E-state index is 10.9. The molecule has 1 saturated heterocycles. The number of hydrogen-bond acceptors (Lipinski definition) is 6. The summed E-state index contributed by atoms with van der Waals surface area (Å²) in [4.78, 5) is 13.2. The van der Waals surface area contributed by atoms with Crippen molar-refractivity contribution in [2.45, 2.75) is 38.6 Å². The molecule has 2 aromatic heterocycles. The highest BCUT2D eigenvalue weighted by Crippen LogP contribution is 2.31. The Morgan fingerprint density at radius 1 is 1.50 bits per heavy atom. The van der Waals surface area contributed by atoms with Crippen LogP contribution in [0.25, 0.3) is 0 Å². The normalized spacial score (nSPS) is 18.6. The van der Waals surface area contributed by atoms with Crippen LogP contribution in [0.3, 0.4) is 0 Å². The van der Waals surface area contributed by atoms with Crippen molar-refractivity contribution in [2.24, 2.45) is 0 Å². The molecule has 0 bridgehead atoms. The standard InChI is InChI=1S/C14H19N5O2S/c1-2-12-16-17-14(22-12)18-7-3-4-10(8-18)11-5-6-15-19(11)9-13(20)21/h5-6,10H,2-4,7-9H2,1H3,(H,20,21)/t10-/m0/s1. The molecule has 0 aliphatic carbocycles. The minimum atomic E-state index is -0.866. The molecule has 118 valence electrons.